The van der Waals surface area contributed by atoms with E-state index in [0.29, 0.717) is 23.1 Å². The third-order valence-electron chi connectivity index (χ3n) is 7.17. The number of nitrogens with zero attached hydrogens (tertiary/aromatic N) is 2. The Morgan fingerprint density at radius 2 is 2.00 bits per heavy atom. The van der Waals surface area contributed by atoms with E-state index in [4.69, 9.17) is 9.47 Å². The number of amides is 1. The van der Waals surface area contributed by atoms with Crippen molar-refractivity contribution < 1.29 is 14.3 Å². The zero-order chi connectivity index (χ0) is 20.8. The highest BCUT2D eigenvalue weighted by Crippen LogP contribution is 2.63. The van der Waals surface area contributed by atoms with E-state index < -0.39 is 0 Å². The number of nitrogens with one attached hydrogen (secondary N) is 1. The van der Waals surface area contributed by atoms with E-state index in [1.807, 2.05) is 18.2 Å². The Morgan fingerprint density at radius 1 is 1.24 bits per heavy atom. The van der Waals surface area contributed by atoms with E-state index >= 15 is 0 Å². The van der Waals surface area contributed by atoms with Gasteiger partial charge in [-0.1, -0.05) is 20.8 Å². The molecule has 0 radical (unpaired) electrons. The summed E-state index contributed by atoms with van der Waals surface area (Å²) in [5.74, 6) is 1.66. The highest BCUT2D eigenvalue weighted by Gasteiger charge is 2.60. The van der Waals surface area contributed by atoms with E-state index in [0.717, 1.165) is 29.1 Å². The molecule has 29 heavy (non-hydrogen) atoms. The number of aromatic nitrogens is 1. The molecular weight excluding hydrogens is 386 g/mol. The number of hydrogen-bond donors (Lipinski definition) is 1. The van der Waals surface area contributed by atoms with Crippen molar-refractivity contribution in [2.45, 2.75) is 40.0 Å². The van der Waals surface area contributed by atoms with Gasteiger partial charge in [0.2, 0.25) is 0 Å². The number of ether oxygens (including phenoxy) is 2. The quantitative estimate of drug-likeness (QED) is 0.718. The van der Waals surface area contributed by atoms with Gasteiger partial charge in [0.15, 0.2) is 11.5 Å². The highest BCUT2D eigenvalue weighted by molar-refractivity contribution is 7.13. The number of rotatable bonds is 5. The molecule has 7 heteroatoms. The Labute approximate surface area is 175 Å². The summed E-state index contributed by atoms with van der Waals surface area (Å²) in [6, 6.07) is 5.59. The van der Waals surface area contributed by atoms with E-state index in [2.05, 4.69) is 36.3 Å². The number of hydrogen-bond acceptors (Lipinski definition) is 6. The first-order valence-electron chi connectivity index (χ1n) is 9.85. The molecule has 4 rings (SSSR count). The Balaban J connectivity index is 1.50. The van der Waals surface area contributed by atoms with Gasteiger partial charge in [-0.05, 0) is 48.8 Å². The number of fused-ring (bicyclic) bond motifs is 2. The van der Waals surface area contributed by atoms with Gasteiger partial charge in [0, 0.05) is 22.1 Å². The molecule has 2 aliphatic carbocycles. The predicted octanol–water partition coefficient (Wildman–Crippen LogP) is 4.76. The van der Waals surface area contributed by atoms with Gasteiger partial charge in [-0.25, -0.2) is 10.4 Å². The third kappa shape index (κ3) is 3.12. The summed E-state index contributed by atoms with van der Waals surface area (Å²) < 4.78 is 10.6. The summed E-state index contributed by atoms with van der Waals surface area (Å²) in [6.07, 6.45) is 3.36. The van der Waals surface area contributed by atoms with Crippen LogP contribution in [0.3, 0.4) is 0 Å². The van der Waals surface area contributed by atoms with Crippen LogP contribution in [0.1, 0.15) is 50.5 Å². The molecule has 2 fully saturated rings. The molecule has 0 unspecified atom stereocenters. The molecule has 154 valence electrons. The number of carbonyl (C=O) groups is 1. The van der Waals surface area contributed by atoms with Crippen LogP contribution >= 0.6 is 11.3 Å². The van der Waals surface area contributed by atoms with Crippen molar-refractivity contribution in [1.82, 2.24) is 10.4 Å². The Morgan fingerprint density at radius 3 is 2.62 bits per heavy atom. The van der Waals surface area contributed by atoms with Crippen molar-refractivity contribution >= 4 is 23.0 Å². The van der Waals surface area contributed by atoms with Gasteiger partial charge in [0.25, 0.3) is 5.91 Å². The third-order valence-corrected chi connectivity index (χ3v) is 8.06. The lowest BCUT2D eigenvalue weighted by atomic mass is 9.70. The molecule has 2 aliphatic rings. The minimum Gasteiger partial charge on any atom is -0.493 e. The van der Waals surface area contributed by atoms with Crippen molar-refractivity contribution in [2.75, 3.05) is 14.2 Å². The summed E-state index contributed by atoms with van der Waals surface area (Å²) in [6.45, 7) is 6.93. The van der Waals surface area contributed by atoms with Crippen LogP contribution in [-0.4, -0.2) is 30.8 Å². The average Bonchev–Trinajstić information content (AvgIpc) is 3.34. The lowest BCUT2D eigenvalue weighted by Gasteiger charge is -2.34. The fourth-order valence-corrected chi connectivity index (χ4v) is 5.55. The van der Waals surface area contributed by atoms with Gasteiger partial charge in [-0.2, -0.15) is 5.10 Å². The highest BCUT2D eigenvalue weighted by atomic mass is 32.1. The van der Waals surface area contributed by atoms with Gasteiger partial charge < -0.3 is 9.47 Å². The maximum Gasteiger partial charge on any atom is 0.290 e. The normalized spacial score (nSPS) is 26.0. The molecule has 1 aromatic carbocycles. The second kappa shape index (κ2) is 7.13. The van der Waals surface area contributed by atoms with Crippen LogP contribution < -0.4 is 14.9 Å². The van der Waals surface area contributed by atoms with Gasteiger partial charge in [-0.3, -0.25) is 4.79 Å². The summed E-state index contributed by atoms with van der Waals surface area (Å²) in [4.78, 5) is 17.1. The number of thiazole rings is 1. The van der Waals surface area contributed by atoms with Crippen molar-refractivity contribution in [1.29, 1.82) is 0 Å². The van der Waals surface area contributed by atoms with Crippen LogP contribution in [0.4, 0.5) is 0 Å². The van der Waals surface area contributed by atoms with E-state index in [1.54, 1.807) is 19.6 Å². The standard InChI is InChI=1S/C22H27N3O3S/c1-21(2)14-8-9-22(21,3)18(11-14)24-25-19(26)15-12-29-20(23-15)13-6-7-16(27-4)17(10-13)28-5/h6-7,10,12,14H,8-9,11H2,1-5H3,(H,25,26)/b24-18-/t14-,22-/m1/s1. The lowest BCUT2D eigenvalue weighted by molar-refractivity contribution is 0.0949. The first-order valence-corrected chi connectivity index (χ1v) is 10.7. The smallest absolute Gasteiger partial charge is 0.290 e. The Kier molecular flexibility index (Phi) is 4.89. The van der Waals surface area contributed by atoms with Crippen LogP contribution in [0.2, 0.25) is 0 Å². The largest absolute Gasteiger partial charge is 0.493 e. The topological polar surface area (TPSA) is 72.8 Å². The molecule has 1 heterocycles. The lowest BCUT2D eigenvalue weighted by Crippen LogP contribution is -2.34. The molecule has 0 saturated heterocycles. The molecule has 1 amide bonds. The van der Waals surface area contributed by atoms with Crippen LogP contribution in [-0.2, 0) is 0 Å². The zero-order valence-corrected chi connectivity index (χ0v) is 18.4. The molecule has 2 aromatic rings. The van der Waals surface area contributed by atoms with Gasteiger partial charge in [-0.15, -0.1) is 11.3 Å². The van der Waals surface area contributed by atoms with Gasteiger partial charge in [0.05, 0.1) is 14.2 Å². The molecule has 2 atom stereocenters. The van der Waals surface area contributed by atoms with Crippen LogP contribution in [0.15, 0.2) is 28.7 Å². The summed E-state index contributed by atoms with van der Waals surface area (Å²) in [5, 5.41) is 7.03. The number of carbonyl (C=O) groups excluding carboxylic acids is 1. The summed E-state index contributed by atoms with van der Waals surface area (Å²) >= 11 is 1.42. The number of hydrazone groups is 1. The molecule has 6 nitrogen and oxygen atoms in total. The monoisotopic (exact) mass is 413 g/mol. The van der Waals surface area contributed by atoms with Gasteiger partial charge >= 0.3 is 0 Å². The van der Waals surface area contributed by atoms with E-state index in [9.17, 15) is 4.79 Å². The van der Waals surface area contributed by atoms with Gasteiger partial charge in [0.1, 0.15) is 10.7 Å². The summed E-state index contributed by atoms with van der Waals surface area (Å²) in [7, 11) is 3.20. The summed E-state index contributed by atoms with van der Waals surface area (Å²) in [5.41, 5.74) is 5.40. The molecule has 1 aromatic heterocycles. The second-order valence-electron chi connectivity index (χ2n) is 8.60. The van der Waals surface area contributed by atoms with Crippen molar-refractivity contribution in [3.63, 3.8) is 0 Å². The van der Waals surface area contributed by atoms with E-state index in [-0.39, 0.29) is 16.7 Å². The number of methoxy groups -OCH3 is 2. The SMILES string of the molecule is COc1ccc(-c2nc(C(=O)N/N=C3/C[C@H]4CC[C@@]3(C)C4(C)C)cs2)cc1OC. The van der Waals surface area contributed by atoms with Crippen LogP contribution in [0.25, 0.3) is 10.6 Å². The predicted molar refractivity (Wildman–Crippen MR) is 115 cm³/mol. The van der Waals surface area contributed by atoms with E-state index in [1.165, 1.54) is 17.8 Å². The first kappa shape index (κ1) is 19.9. The Hall–Kier alpha value is -2.41. The van der Waals surface area contributed by atoms with Crippen LogP contribution in [0.5, 0.6) is 11.5 Å². The van der Waals surface area contributed by atoms with Crippen molar-refractivity contribution in [3.05, 3.63) is 29.3 Å². The average molecular weight is 414 g/mol. The molecular formula is C22H27N3O3S. The fraction of sp³-hybridized carbons (Fsp3) is 0.500. The van der Waals surface area contributed by atoms with Crippen molar-refractivity contribution in [2.24, 2.45) is 21.8 Å². The van der Waals surface area contributed by atoms with Crippen LogP contribution in [0, 0.1) is 16.7 Å². The minimum absolute atomic E-state index is 0.0673. The van der Waals surface area contributed by atoms with Crippen molar-refractivity contribution in [3.8, 4) is 22.1 Å². The zero-order valence-electron chi connectivity index (χ0n) is 17.5. The molecule has 2 saturated carbocycles. The molecule has 0 aliphatic heterocycles. The molecule has 2 bridgehead atoms. The Bertz CT molecular complexity index is 981. The second-order valence-corrected chi connectivity index (χ2v) is 9.46. The maximum atomic E-state index is 12.6. The maximum absolute atomic E-state index is 12.6. The molecule has 0 spiro atoms. The fourth-order valence-electron chi connectivity index (χ4n) is 4.75. The molecule has 1 N–H and O–H groups in total. The number of benzene rings is 1. The first-order chi connectivity index (χ1) is 13.8. The minimum atomic E-state index is -0.273.